The zero-order chi connectivity index (χ0) is 24.7. The van der Waals surface area contributed by atoms with Gasteiger partial charge in [-0.2, -0.15) is 5.10 Å². The molecule has 0 saturated heterocycles. The van der Waals surface area contributed by atoms with E-state index >= 15 is 0 Å². The molecule has 3 rings (SSSR count). The number of benzene rings is 3. The SMILES string of the molecule is CN(C)c1ccc(/C=C(\NC(=O)c2ccccc2)C(=O)N/N=C\c2cc(I)cc(I)c2O)cc1. The molecule has 34 heavy (non-hydrogen) atoms. The van der Waals surface area contributed by atoms with Gasteiger partial charge in [-0.15, -0.1) is 0 Å². The van der Waals surface area contributed by atoms with Crippen LogP contribution in [0.25, 0.3) is 6.08 Å². The Balaban J connectivity index is 1.84. The van der Waals surface area contributed by atoms with Gasteiger partial charge in [0.15, 0.2) is 0 Å². The molecule has 0 spiro atoms. The van der Waals surface area contributed by atoms with Gasteiger partial charge in [0.2, 0.25) is 0 Å². The molecule has 3 aromatic rings. The van der Waals surface area contributed by atoms with Crippen molar-refractivity contribution in [1.29, 1.82) is 0 Å². The van der Waals surface area contributed by atoms with E-state index in [1.54, 1.807) is 36.4 Å². The van der Waals surface area contributed by atoms with Gasteiger partial charge in [0.25, 0.3) is 11.8 Å². The normalized spacial score (nSPS) is 11.4. The van der Waals surface area contributed by atoms with Gasteiger partial charge in [0, 0.05) is 34.5 Å². The average molecular weight is 680 g/mol. The summed E-state index contributed by atoms with van der Waals surface area (Å²) in [7, 11) is 3.88. The number of halogens is 2. The molecule has 7 nitrogen and oxygen atoms in total. The number of aromatic hydroxyl groups is 1. The number of hydrogen-bond acceptors (Lipinski definition) is 5. The Bertz CT molecular complexity index is 1240. The molecular weight excluding hydrogens is 658 g/mol. The van der Waals surface area contributed by atoms with Crippen LogP contribution in [0.5, 0.6) is 5.75 Å². The molecule has 3 N–H and O–H groups in total. The predicted molar refractivity (Wildman–Crippen MR) is 152 cm³/mol. The summed E-state index contributed by atoms with van der Waals surface area (Å²) in [6.07, 6.45) is 2.94. The van der Waals surface area contributed by atoms with E-state index in [0.717, 1.165) is 14.8 Å². The highest BCUT2D eigenvalue weighted by Crippen LogP contribution is 2.25. The second-order valence-electron chi connectivity index (χ2n) is 7.39. The molecule has 0 unspecified atom stereocenters. The van der Waals surface area contributed by atoms with E-state index in [4.69, 9.17) is 0 Å². The van der Waals surface area contributed by atoms with Crippen molar-refractivity contribution in [3.63, 3.8) is 0 Å². The van der Waals surface area contributed by atoms with E-state index in [-0.39, 0.29) is 11.4 Å². The first kappa shape index (κ1) is 25.7. The van der Waals surface area contributed by atoms with Crippen LogP contribution in [-0.2, 0) is 4.79 Å². The van der Waals surface area contributed by atoms with Crippen molar-refractivity contribution in [3.05, 3.63) is 96.3 Å². The zero-order valence-corrected chi connectivity index (χ0v) is 22.7. The second kappa shape index (κ2) is 12.0. The van der Waals surface area contributed by atoms with Crippen LogP contribution in [0.15, 0.2) is 77.5 Å². The van der Waals surface area contributed by atoms with Gasteiger partial charge in [-0.3, -0.25) is 9.59 Å². The first-order valence-corrected chi connectivity index (χ1v) is 12.3. The van der Waals surface area contributed by atoms with Crippen molar-refractivity contribution < 1.29 is 14.7 Å². The number of phenols is 1. The summed E-state index contributed by atoms with van der Waals surface area (Å²) >= 11 is 4.16. The fourth-order valence-electron chi connectivity index (χ4n) is 2.88. The average Bonchev–Trinajstić information content (AvgIpc) is 2.82. The lowest BCUT2D eigenvalue weighted by molar-refractivity contribution is -0.117. The molecule has 3 aromatic carbocycles. The number of nitrogens with zero attached hydrogens (tertiary/aromatic N) is 2. The number of carbonyl (C=O) groups is 2. The molecule has 174 valence electrons. The largest absolute Gasteiger partial charge is 0.506 e. The highest BCUT2D eigenvalue weighted by atomic mass is 127. The van der Waals surface area contributed by atoms with Crippen LogP contribution < -0.4 is 15.6 Å². The minimum Gasteiger partial charge on any atom is -0.506 e. The summed E-state index contributed by atoms with van der Waals surface area (Å²) in [5, 5.41) is 16.9. The Labute approximate surface area is 225 Å². The number of hydrogen-bond donors (Lipinski definition) is 3. The number of phenolic OH excluding ortho intramolecular Hbond substituents is 1. The van der Waals surface area contributed by atoms with E-state index in [0.29, 0.717) is 14.7 Å². The van der Waals surface area contributed by atoms with Crippen molar-refractivity contribution >= 4 is 75.0 Å². The second-order valence-corrected chi connectivity index (χ2v) is 9.80. The number of hydrazone groups is 1. The van der Waals surface area contributed by atoms with Gasteiger partial charge in [-0.1, -0.05) is 30.3 Å². The van der Waals surface area contributed by atoms with Crippen LogP contribution in [0.2, 0.25) is 0 Å². The molecule has 0 bridgehead atoms. The molecule has 0 heterocycles. The van der Waals surface area contributed by atoms with Crippen LogP contribution in [0.1, 0.15) is 21.5 Å². The maximum atomic E-state index is 12.9. The van der Waals surface area contributed by atoms with Gasteiger partial charge < -0.3 is 15.3 Å². The fraction of sp³-hybridized carbons (Fsp3) is 0.0800. The first-order chi connectivity index (χ1) is 16.2. The Morgan fingerprint density at radius 3 is 2.32 bits per heavy atom. The summed E-state index contributed by atoms with van der Waals surface area (Å²) in [6.45, 7) is 0. The number of amides is 2. The molecule has 0 aliphatic heterocycles. The third kappa shape index (κ3) is 7.03. The quantitative estimate of drug-likeness (QED) is 0.148. The van der Waals surface area contributed by atoms with Crippen LogP contribution in [0.4, 0.5) is 5.69 Å². The molecule has 0 saturated carbocycles. The first-order valence-electron chi connectivity index (χ1n) is 10.1. The Morgan fingerprint density at radius 1 is 1.00 bits per heavy atom. The molecule has 0 radical (unpaired) electrons. The van der Waals surface area contributed by atoms with E-state index in [2.05, 4.69) is 38.4 Å². The van der Waals surface area contributed by atoms with Crippen LogP contribution >= 0.6 is 45.2 Å². The third-order valence-corrected chi connectivity index (χ3v) is 6.12. The van der Waals surface area contributed by atoms with Gasteiger partial charge >= 0.3 is 0 Å². The summed E-state index contributed by atoms with van der Waals surface area (Å²) in [5.74, 6) is -0.939. The maximum Gasteiger partial charge on any atom is 0.287 e. The Kier molecular flexibility index (Phi) is 9.05. The number of carbonyl (C=O) groups excluding carboxylic acids is 2. The summed E-state index contributed by atoms with van der Waals surface area (Å²) in [6, 6.07) is 19.7. The topological polar surface area (TPSA) is 94.0 Å². The zero-order valence-electron chi connectivity index (χ0n) is 18.4. The number of nitrogens with one attached hydrogen (secondary N) is 2. The van der Waals surface area contributed by atoms with E-state index in [1.165, 1.54) is 6.21 Å². The van der Waals surface area contributed by atoms with Gasteiger partial charge in [0.05, 0.1) is 9.78 Å². The van der Waals surface area contributed by atoms with Crippen LogP contribution in [0.3, 0.4) is 0 Å². The molecule has 0 fully saturated rings. The monoisotopic (exact) mass is 680 g/mol. The van der Waals surface area contributed by atoms with Gasteiger partial charge in [-0.25, -0.2) is 5.43 Å². The predicted octanol–water partition coefficient (Wildman–Crippen LogP) is 4.59. The van der Waals surface area contributed by atoms with Crippen molar-refractivity contribution in [2.24, 2.45) is 5.10 Å². The molecule has 0 aliphatic rings. The molecule has 0 aromatic heterocycles. The standard InChI is InChI=1S/C25H22I2N4O3/c1-31(2)20-10-8-16(9-11-20)12-22(29-24(33)17-6-4-3-5-7-17)25(34)30-28-15-18-13-19(26)14-21(27)23(18)32/h3-15,32H,1-2H3,(H,29,33)(H,30,34)/b22-12-,28-15-. The Hall–Kier alpha value is -2.93. The van der Waals surface area contributed by atoms with Crippen molar-refractivity contribution in [2.45, 2.75) is 0 Å². The smallest absolute Gasteiger partial charge is 0.287 e. The van der Waals surface area contributed by atoms with Gasteiger partial charge in [0.1, 0.15) is 11.4 Å². The lowest BCUT2D eigenvalue weighted by atomic mass is 10.1. The minimum atomic E-state index is -0.600. The minimum absolute atomic E-state index is 0.0325. The number of rotatable bonds is 7. The molecule has 2 amide bonds. The lowest BCUT2D eigenvalue weighted by Gasteiger charge is -2.12. The highest BCUT2D eigenvalue weighted by Gasteiger charge is 2.14. The Morgan fingerprint density at radius 2 is 1.68 bits per heavy atom. The summed E-state index contributed by atoms with van der Waals surface area (Å²) < 4.78 is 1.60. The van der Waals surface area contributed by atoms with Crippen LogP contribution in [0, 0.1) is 7.14 Å². The molecule has 9 heteroatoms. The van der Waals surface area contributed by atoms with Crippen molar-refractivity contribution in [1.82, 2.24) is 10.7 Å². The van der Waals surface area contributed by atoms with Crippen LogP contribution in [-0.4, -0.2) is 37.2 Å². The molecular formula is C25H22I2N4O3. The van der Waals surface area contributed by atoms with E-state index < -0.39 is 11.8 Å². The van der Waals surface area contributed by atoms with Gasteiger partial charge in [-0.05, 0) is 93.2 Å². The maximum absolute atomic E-state index is 12.9. The summed E-state index contributed by atoms with van der Waals surface area (Å²) in [4.78, 5) is 27.6. The van der Waals surface area contributed by atoms with E-state index in [1.807, 2.05) is 78.0 Å². The number of anilines is 1. The van der Waals surface area contributed by atoms with E-state index in [9.17, 15) is 14.7 Å². The van der Waals surface area contributed by atoms with Crippen molar-refractivity contribution in [2.75, 3.05) is 19.0 Å². The summed E-state index contributed by atoms with van der Waals surface area (Å²) in [5.41, 5.74) is 5.09. The molecule has 0 aliphatic carbocycles. The van der Waals surface area contributed by atoms with Crippen molar-refractivity contribution in [3.8, 4) is 5.75 Å². The highest BCUT2D eigenvalue weighted by molar-refractivity contribution is 14.1. The lowest BCUT2D eigenvalue weighted by Crippen LogP contribution is -2.32. The fourth-order valence-corrected chi connectivity index (χ4v) is 4.77. The third-order valence-electron chi connectivity index (χ3n) is 4.68. The molecule has 0 atom stereocenters.